The van der Waals surface area contributed by atoms with E-state index in [-0.39, 0.29) is 5.91 Å². The van der Waals surface area contributed by atoms with E-state index < -0.39 is 0 Å². The fourth-order valence-corrected chi connectivity index (χ4v) is 2.99. The lowest BCUT2D eigenvalue weighted by molar-refractivity contribution is 0.0924. The third-order valence-electron chi connectivity index (χ3n) is 4.33. The molecule has 1 amide bonds. The van der Waals surface area contributed by atoms with E-state index in [9.17, 15) is 4.79 Å². The van der Waals surface area contributed by atoms with Gasteiger partial charge in [-0.05, 0) is 18.2 Å². The summed E-state index contributed by atoms with van der Waals surface area (Å²) in [5.74, 6) is 1.35. The number of hydrogen-bond donors (Lipinski definition) is 2. The summed E-state index contributed by atoms with van der Waals surface area (Å²) in [5, 5.41) is 7.28. The molecule has 9 heteroatoms. The molecule has 0 bridgehead atoms. The van der Waals surface area contributed by atoms with Crippen LogP contribution in [0.25, 0.3) is 22.8 Å². The van der Waals surface area contributed by atoms with E-state index >= 15 is 0 Å². The highest BCUT2D eigenvalue weighted by atomic mass is 16.5. The Bertz CT molecular complexity index is 1030. The number of aromatic nitrogens is 4. The van der Waals surface area contributed by atoms with Gasteiger partial charge in [-0.15, -0.1) is 0 Å². The second-order valence-corrected chi connectivity index (χ2v) is 5.95. The molecule has 0 aliphatic carbocycles. The Morgan fingerprint density at radius 3 is 2.70 bits per heavy atom. The number of nitrogens with two attached hydrogens (primary N) is 1. The Balaban J connectivity index is 1.79. The second kappa shape index (κ2) is 6.60. The van der Waals surface area contributed by atoms with Crippen LogP contribution in [0, 0.1) is 0 Å². The highest BCUT2D eigenvalue weighted by Crippen LogP contribution is 2.36. The number of benzene rings is 1. The van der Waals surface area contributed by atoms with E-state index in [1.165, 1.54) is 0 Å². The molecule has 0 unspecified atom stereocenters. The smallest absolute Gasteiger partial charge is 0.269 e. The summed E-state index contributed by atoms with van der Waals surface area (Å²) in [7, 11) is 3.09. The van der Waals surface area contributed by atoms with Crippen molar-refractivity contribution in [1.29, 1.82) is 0 Å². The molecule has 4 rings (SSSR count). The van der Waals surface area contributed by atoms with Crippen LogP contribution in [0.2, 0.25) is 0 Å². The van der Waals surface area contributed by atoms with E-state index in [4.69, 9.17) is 15.2 Å². The van der Waals surface area contributed by atoms with Crippen LogP contribution in [0.15, 0.2) is 30.5 Å². The number of nitrogen functional groups attached to an aromatic ring is 1. The van der Waals surface area contributed by atoms with Crippen molar-refractivity contribution in [3.05, 3.63) is 36.2 Å². The minimum atomic E-state index is -0.140. The van der Waals surface area contributed by atoms with Crippen molar-refractivity contribution in [3.8, 4) is 34.3 Å². The van der Waals surface area contributed by atoms with E-state index in [1.54, 1.807) is 49.4 Å². The minimum Gasteiger partial charge on any atom is -0.496 e. The molecular weight excluding hydrogens is 348 g/mol. The maximum Gasteiger partial charge on any atom is 0.269 e. The van der Waals surface area contributed by atoms with Gasteiger partial charge < -0.3 is 20.5 Å². The Kier molecular flexibility index (Phi) is 4.11. The summed E-state index contributed by atoms with van der Waals surface area (Å²) in [6, 6.07) is 6.88. The lowest BCUT2D eigenvalue weighted by atomic mass is 10.1. The molecule has 3 heterocycles. The van der Waals surface area contributed by atoms with Crippen molar-refractivity contribution in [1.82, 2.24) is 25.1 Å². The highest BCUT2D eigenvalue weighted by Gasteiger charge is 2.21. The number of fused-ring (bicyclic) bond motifs is 1. The number of nitrogens with zero attached hydrogens (tertiary/aromatic N) is 4. The van der Waals surface area contributed by atoms with Crippen molar-refractivity contribution >= 4 is 11.6 Å². The zero-order valence-electron chi connectivity index (χ0n) is 14.9. The number of rotatable bonds is 4. The van der Waals surface area contributed by atoms with Crippen LogP contribution in [-0.2, 0) is 6.54 Å². The van der Waals surface area contributed by atoms with Gasteiger partial charge in [-0.3, -0.25) is 9.48 Å². The van der Waals surface area contributed by atoms with E-state index in [0.29, 0.717) is 58.7 Å². The van der Waals surface area contributed by atoms with Crippen LogP contribution in [0.1, 0.15) is 10.5 Å². The average Bonchev–Trinajstić information content (AvgIpc) is 3.13. The molecule has 0 fully saturated rings. The minimum absolute atomic E-state index is 0.140. The van der Waals surface area contributed by atoms with Gasteiger partial charge in [0, 0.05) is 18.8 Å². The van der Waals surface area contributed by atoms with Gasteiger partial charge in [0.15, 0.2) is 5.82 Å². The molecule has 3 aromatic rings. The van der Waals surface area contributed by atoms with E-state index in [1.807, 2.05) is 0 Å². The summed E-state index contributed by atoms with van der Waals surface area (Å²) in [6.07, 6.45) is 1.64. The predicted molar refractivity (Wildman–Crippen MR) is 98.5 cm³/mol. The molecule has 138 valence electrons. The number of methoxy groups -OCH3 is 2. The van der Waals surface area contributed by atoms with Gasteiger partial charge in [0.25, 0.3) is 5.91 Å². The first kappa shape index (κ1) is 16.8. The van der Waals surface area contributed by atoms with Crippen LogP contribution >= 0.6 is 0 Å². The number of ether oxygens (including phenoxy) is 2. The van der Waals surface area contributed by atoms with Crippen molar-refractivity contribution in [2.45, 2.75) is 6.54 Å². The topological polar surface area (TPSA) is 117 Å². The zero-order chi connectivity index (χ0) is 19.0. The van der Waals surface area contributed by atoms with Gasteiger partial charge in [0.2, 0.25) is 0 Å². The molecule has 1 aromatic carbocycles. The quantitative estimate of drug-likeness (QED) is 0.669. The molecule has 0 saturated heterocycles. The van der Waals surface area contributed by atoms with Crippen LogP contribution in [-0.4, -0.2) is 46.4 Å². The molecule has 3 N–H and O–H groups in total. The SMILES string of the molecule is COc1cc(-c2nccc(-c3cc4n(n3)CCNC4=O)n2)c(OC)cc1N. The summed E-state index contributed by atoms with van der Waals surface area (Å²) in [4.78, 5) is 20.9. The lowest BCUT2D eigenvalue weighted by Gasteiger charge is -2.13. The molecule has 0 saturated carbocycles. The average molecular weight is 366 g/mol. The van der Waals surface area contributed by atoms with Gasteiger partial charge >= 0.3 is 0 Å². The first-order chi connectivity index (χ1) is 13.1. The maximum absolute atomic E-state index is 12.0. The van der Waals surface area contributed by atoms with Crippen LogP contribution in [0.5, 0.6) is 11.5 Å². The molecule has 1 aliphatic heterocycles. The summed E-state index contributed by atoms with van der Waals surface area (Å²) in [6.45, 7) is 1.19. The fraction of sp³-hybridized carbons (Fsp3) is 0.222. The molecule has 0 spiro atoms. The first-order valence-corrected chi connectivity index (χ1v) is 8.32. The largest absolute Gasteiger partial charge is 0.496 e. The zero-order valence-corrected chi connectivity index (χ0v) is 14.9. The summed E-state index contributed by atoms with van der Waals surface area (Å²) in [5.41, 5.74) is 8.78. The third kappa shape index (κ3) is 2.92. The van der Waals surface area contributed by atoms with Gasteiger partial charge in [-0.2, -0.15) is 5.10 Å². The number of amides is 1. The normalized spacial score (nSPS) is 13.0. The standard InChI is InChI=1S/C18H18N6O3/c1-26-15-8-11(19)16(27-2)7-10(15)17-20-4-3-12(22-17)13-9-14-18(25)21-5-6-24(14)23-13/h3-4,7-9H,5-6,19H2,1-2H3,(H,21,25). The number of carbonyl (C=O) groups is 1. The second-order valence-electron chi connectivity index (χ2n) is 5.95. The molecule has 27 heavy (non-hydrogen) atoms. The Hall–Kier alpha value is -3.62. The Morgan fingerprint density at radius 1 is 1.15 bits per heavy atom. The van der Waals surface area contributed by atoms with Crippen LogP contribution < -0.4 is 20.5 Å². The third-order valence-corrected chi connectivity index (χ3v) is 4.33. The molecule has 0 atom stereocenters. The first-order valence-electron chi connectivity index (χ1n) is 8.32. The number of carbonyl (C=O) groups excluding carboxylic acids is 1. The summed E-state index contributed by atoms with van der Waals surface area (Å²) >= 11 is 0. The molecule has 9 nitrogen and oxygen atoms in total. The maximum atomic E-state index is 12.0. The number of nitrogens with one attached hydrogen (secondary N) is 1. The highest BCUT2D eigenvalue weighted by molar-refractivity contribution is 5.94. The molecule has 2 aromatic heterocycles. The van der Waals surface area contributed by atoms with Crippen molar-refractivity contribution in [2.75, 3.05) is 26.5 Å². The van der Waals surface area contributed by atoms with E-state index in [2.05, 4.69) is 20.4 Å². The Labute approximate surface area is 155 Å². The number of anilines is 1. The van der Waals surface area contributed by atoms with Crippen LogP contribution in [0.4, 0.5) is 5.69 Å². The van der Waals surface area contributed by atoms with Crippen molar-refractivity contribution in [3.63, 3.8) is 0 Å². The molecule has 1 aliphatic rings. The van der Waals surface area contributed by atoms with Crippen LogP contribution in [0.3, 0.4) is 0 Å². The number of hydrogen-bond acceptors (Lipinski definition) is 7. The monoisotopic (exact) mass is 366 g/mol. The van der Waals surface area contributed by atoms with Gasteiger partial charge in [-0.25, -0.2) is 9.97 Å². The molecular formula is C18H18N6O3. The predicted octanol–water partition coefficient (Wildman–Crippen LogP) is 1.35. The van der Waals surface area contributed by atoms with E-state index in [0.717, 1.165) is 0 Å². The summed E-state index contributed by atoms with van der Waals surface area (Å²) < 4.78 is 12.4. The van der Waals surface area contributed by atoms with Gasteiger partial charge in [-0.1, -0.05) is 0 Å². The lowest BCUT2D eigenvalue weighted by Crippen LogP contribution is -2.35. The van der Waals surface area contributed by atoms with Crippen molar-refractivity contribution < 1.29 is 14.3 Å². The molecule has 0 radical (unpaired) electrons. The fourth-order valence-electron chi connectivity index (χ4n) is 2.99. The van der Waals surface area contributed by atoms with Crippen molar-refractivity contribution in [2.24, 2.45) is 0 Å². The van der Waals surface area contributed by atoms with Gasteiger partial charge in [0.1, 0.15) is 22.9 Å². The Morgan fingerprint density at radius 2 is 1.96 bits per heavy atom. The van der Waals surface area contributed by atoms with Gasteiger partial charge in [0.05, 0.1) is 37.7 Å².